The number of hydrogen-bond donors (Lipinski definition) is 1. The van der Waals surface area contributed by atoms with E-state index in [2.05, 4.69) is 154 Å². The molecule has 0 aliphatic rings. The lowest BCUT2D eigenvalue weighted by molar-refractivity contribution is 0.472. The molecule has 53 heavy (non-hydrogen) atoms. The van der Waals surface area contributed by atoms with Gasteiger partial charge in [-0.1, -0.05) is 112 Å². The minimum Gasteiger partial charge on any atom is -0.507 e. The maximum Gasteiger partial charge on any atom is 0.149 e. The summed E-state index contributed by atoms with van der Waals surface area (Å²) in [5, 5.41) is 11.6. The van der Waals surface area contributed by atoms with Crippen LogP contribution in [0.1, 0.15) is 43.0 Å². The monoisotopic (exact) mass is 689 g/mol. The van der Waals surface area contributed by atoms with Crippen molar-refractivity contribution in [1.82, 2.24) is 14.5 Å². The van der Waals surface area contributed by atoms with Gasteiger partial charge >= 0.3 is 0 Å². The van der Waals surface area contributed by atoms with E-state index in [9.17, 15) is 5.11 Å². The topological polar surface area (TPSA) is 50.9 Å². The Morgan fingerprint density at radius 1 is 0.547 bits per heavy atom. The van der Waals surface area contributed by atoms with Gasteiger partial charge in [0.05, 0.1) is 22.3 Å². The Morgan fingerprint density at radius 3 is 1.94 bits per heavy atom. The fourth-order valence-electron chi connectivity index (χ4n) is 7.36. The first-order chi connectivity index (χ1) is 25.5. The molecule has 6 aromatic carbocycles. The number of fused-ring (bicyclic) bond motifs is 1. The summed E-state index contributed by atoms with van der Waals surface area (Å²) in [7, 11) is 0. The maximum absolute atomic E-state index is 11.6. The number of aromatic hydroxyl groups is 1. The average Bonchev–Trinajstić information content (AvgIpc) is 3.56. The number of nitrogens with zero attached hydrogens (tertiary/aromatic N) is 3. The Morgan fingerprint density at radius 2 is 1.23 bits per heavy atom. The molecule has 0 aliphatic heterocycles. The summed E-state index contributed by atoms with van der Waals surface area (Å²) < 4.78 is 2.21. The summed E-state index contributed by atoms with van der Waals surface area (Å²) >= 11 is 0. The molecule has 0 atom stereocenters. The van der Waals surface area contributed by atoms with E-state index in [1.807, 2.05) is 37.4 Å². The van der Waals surface area contributed by atoms with Crippen molar-refractivity contribution in [3.05, 3.63) is 168 Å². The molecule has 0 spiro atoms. The maximum atomic E-state index is 11.6. The fourth-order valence-corrected chi connectivity index (χ4v) is 7.36. The molecule has 0 saturated heterocycles. The standard InChI is InChI=1S/C49H43N3O/c1-31-22-33(3)47(53)43(25-31)48-51-46-42(18-13-19-45(46)52(48)41-24-32(2)23-37(29-41)35-16-11-8-12-17-35)38-26-39(28-40(27-38)49(4,5)6)44-30-36(20-21-50-44)34-14-9-7-10-15-34/h7-30,53H,1-6H3. The van der Waals surface area contributed by atoms with Gasteiger partial charge in [-0.05, 0) is 125 Å². The van der Waals surface area contributed by atoms with E-state index >= 15 is 0 Å². The van der Waals surface area contributed by atoms with Crippen molar-refractivity contribution in [2.24, 2.45) is 0 Å². The zero-order valence-corrected chi connectivity index (χ0v) is 31.1. The highest BCUT2D eigenvalue weighted by atomic mass is 16.3. The molecule has 0 fully saturated rings. The average molecular weight is 690 g/mol. The third-order valence-electron chi connectivity index (χ3n) is 10.1. The van der Waals surface area contributed by atoms with Crippen molar-refractivity contribution in [1.29, 1.82) is 0 Å². The van der Waals surface area contributed by atoms with Crippen LogP contribution in [0, 0.1) is 20.8 Å². The minimum absolute atomic E-state index is 0.111. The van der Waals surface area contributed by atoms with Crippen molar-refractivity contribution < 1.29 is 5.11 Å². The largest absolute Gasteiger partial charge is 0.507 e. The fraction of sp³-hybridized carbons (Fsp3) is 0.143. The van der Waals surface area contributed by atoms with Crippen LogP contribution in [0.2, 0.25) is 0 Å². The SMILES string of the molecule is Cc1cc(-c2ccccc2)cc(-n2c(-c3cc(C)cc(C)c3O)nc3c(-c4cc(-c5cc(-c6ccccc6)ccn5)cc(C(C)(C)C)c4)cccc32)c1. The molecule has 0 saturated carbocycles. The van der Waals surface area contributed by atoms with Gasteiger partial charge in [-0.25, -0.2) is 4.98 Å². The molecule has 2 heterocycles. The van der Waals surface area contributed by atoms with E-state index in [-0.39, 0.29) is 11.2 Å². The number of pyridine rings is 1. The molecule has 0 bridgehead atoms. The number of imidazole rings is 1. The van der Waals surface area contributed by atoms with E-state index in [0.29, 0.717) is 11.4 Å². The Kier molecular flexibility index (Phi) is 8.54. The smallest absolute Gasteiger partial charge is 0.149 e. The number of phenolic OH excluding ortho intramolecular Hbond substituents is 1. The molecule has 0 radical (unpaired) electrons. The van der Waals surface area contributed by atoms with Crippen LogP contribution in [0.4, 0.5) is 0 Å². The van der Waals surface area contributed by atoms with Crippen molar-refractivity contribution >= 4 is 11.0 Å². The van der Waals surface area contributed by atoms with Gasteiger partial charge in [0.2, 0.25) is 0 Å². The minimum atomic E-state index is -0.111. The van der Waals surface area contributed by atoms with Crippen molar-refractivity contribution in [3.8, 4) is 67.5 Å². The van der Waals surface area contributed by atoms with Crippen LogP contribution in [0.3, 0.4) is 0 Å². The van der Waals surface area contributed by atoms with Gasteiger partial charge in [-0.15, -0.1) is 0 Å². The van der Waals surface area contributed by atoms with Crippen LogP contribution >= 0.6 is 0 Å². The predicted octanol–water partition coefficient (Wildman–Crippen LogP) is 12.7. The molecule has 0 amide bonds. The number of phenols is 1. The summed E-state index contributed by atoms with van der Waals surface area (Å²) in [6, 6.07) is 49.1. The number of benzene rings is 6. The molecule has 260 valence electrons. The summed E-state index contributed by atoms with van der Waals surface area (Å²) in [6.07, 6.45) is 1.90. The van der Waals surface area contributed by atoms with E-state index in [1.54, 1.807) is 0 Å². The quantitative estimate of drug-likeness (QED) is 0.189. The van der Waals surface area contributed by atoms with Gasteiger partial charge in [0.25, 0.3) is 0 Å². The van der Waals surface area contributed by atoms with Gasteiger partial charge in [0.1, 0.15) is 11.6 Å². The number of rotatable bonds is 6. The van der Waals surface area contributed by atoms with Gasteiger partial charge < -0.3 is 5.11 Å². The zero-order chi connectivity index (χ0) is 36.9. The van der Waals surface area contributed by atoms with Gasteiger partial charge in [0.15, 0.2) is 0 Å². The molecular weight excluding hydrogens is 647 g/mol. The highest BCUT2D eigenvalue weighted by Crippen LogP contribution is 2.41. The molecule has 2 aromatic heterocycles. The molecular formula is C49H43N3O. The lowest BCUT2D eigenvalue weighted by atomic mass is 9.83. The molecule has 8 aromatic rings. The Balaban J connectivity index is 1.39. The van der Waals surface area contributed by atoms with Crippen molar-refractivity contribution in [3.63, 3.8) is 0 Å². The first-order valence-corrected chi connectivity index (χ1v) is 18.2. The zero-order valence-electron chi connectivity index (χ0n) is 31.1. The molecule has 0 aliphatic carbocycles. The van der Waals surface area contributed by atoms with Crippen molar-refractivity contribution in [2.45, 2.75) is 47.0 Å². The van der Waals surface area contributed by atoms with E-state index in [1.165, 1.54) is 5.56 Å². The van der Waals surface area contributed by atoms with Crippen LogP contribution in [0.25, 0.3) is 72.7 Å². The van der Waals surface area contributed by atoms with Crippen LogP contribution in [0.5, 0.6) is 5.75 Å². The molecule has 1 N–H and O–H groups in total. The Bertz CT molecular complexity index is 2630. The van der Waals surface area contributed by atoms with Gasteiger partial charge in [-0.2, -0.15) is 0 Å². The van der Waals surface area contributed by atoms with Crippen LogP contribution in [0.15, 0.2) is 146 Å². The molecule has 4 nitrogen and oxygen atoms in total. The molecule has 4 heteroatoms. The van der Waals surface area contributed by atoms with E-state index < -0.39 is 0 Å². The first-order valence-electron chi connectivity index (χ1n) is 18.2. The molecule has 0 unspecified atom stereocenters. The third-order valence-corrected chi connectivity index (χ3v) is 10.1. The number of aromatic nitrogens is 3. The first kappa shape index (κ1) is 33.9. The second-order valence-corrected chi connectivity index (χ2v) is 15.2. The predicted molar refractivity (Wildman–Crippen MR) is 221 cm³/mol. The normalized spacial score (nSPS) is 11.7. The van der Waals surface area contributed by atoms with Crippen LogP contribution in [-0.4, -0.2) is 19.6 Å². The Labute approximate surface area is 312 Å². The molecule has 8 rings (SSSR count). The van der Waals surface area contributed by atoms with E-state index in [0.717, 1.165) is 78.0 Å². The summed E-state index contributed by atoms with van der Waals surface area (Å²) in [5.41, 5.74) is 16.3. The number of para-hydroxylation sites is 1. The summed E-state index contributed by atoms with van der Waals surface area (Å²) in [5.74, 6) is 0.942. The Hall–Kier alpha value is -6.26. The summed E-state index contributed by atoms with van der Waals surface area (Å²) in [6.45, 7) is 12.9. The van der Waals surface area contributed by atoms with Gasteiger partial charge in [0, 0.05) is 23.0 Å². The van der Waals surface area contributed by atoms with Gasteiger partial charge in [-0.3, -0.25) is 9.55 Å². The van der Waals surface area contributed by atoms with Crippen LogP contribution in [-0.2, 0) is 5.41 Å². The number of hydrogen-bond acceptors (Lipinski definition) is 3. The second-order valence-electron chi connectivity index (χ2n) is 15.2. The second kappa shape index (κ2) is 13.4. The third kappa shape index (κ3) is 6.53. The van der Waals surface area contributed by atoms with Crippen molar-refractivity contribution in [2.75, 3.05) is 0 Å². The highest BCUT2D eigenvalue weighted by molar-refractivity contribution is 5.97. The summed E-state index contributed by atoms with van der Waals surface area (Å²) in [4.78, 5) is 10.3. The highest BCUT2D eigenvalue weighted by Gasteiger charge is 2.23. The van der Waals surface area contributed by atoms with Crippen LogP contribution < -0.4 is 0 Å². The van der Waals surface area contributed by atoms with E-state index in [4.69, 9.17) is 9.97 Å². The number of aryl methyl sites for hydroxylation is 3. The lowest BCUT2D eigenvalue weighted by Gasteiger charge is -2.22. The lowest BCUT2D eigenvalue weighted by Crippen LogP contribution is -2.11.